The first-order valence-corrected chi connectivity index (χ1v) is 5.84. The van der Waals surface area contributed by atoms with Gasteiger partial charge in [0, 0.05) is 5.92 Å². The second-order valence-electron chi connectivity index (χ2n) is 4.52. The maximum Gasteiger partial charge on any atom is 0.416 e. The van der Waals surface area contributed by atoms with Gasteiger partial charge in [0.05, 0.1) is 18.2 Å². The summed E-state index contributed by atoms with van der Waals surface area (Å²) in [6.07, 6.45) is -4.45. The highest BCUT2D eigenvalue weighted by Gasteiger charge is 2.31. The van der Waals surface area contributed by atoms with E-state index in [0.29, 0.717) is 0 Å². The Balaban J connectivity index is 2.96. The van der Waals surface area contributed by atoms with Crippen molar-refractivity contribution in [1.82, 2.24) is 5.32 Å². The lowest BCUT2D eigenvalue weighted by molar-refractivity contribution is -0.137. The van der Waals surface area contributed by atoms with Crippen LogP contribution in [-0.2, 0) is 11.0 Å². The Hall–Kier alpha value is -1.56. The molecule has 1 rings (SSSR count). The van der Waals surface area contributed by atoms with Crippen LogP contribution in [0.3, 0.4) is 0 Å². The number of hydrogen-bond donors (Lipinski definition) is 2. The summed E-state index contributed by atoms with van der Waals surface area (Å²) in [5.41, 5.74) is -0.575. The molecule has 1 atom stereocenters. The van der Waals surface area contributed by atoms with Crippen LogP contribution in [0.15, 0.2) is 24.3 Å². The van der Waals surface area contributed by atoms with E-state index in [1.54, 1.807) is 13.8 Å². The Labute approximate surface area is 109 Å². The zero-order valence-electron chi connectivity index (χ0n) is 10.7. The quantitative estimate of drug-likeness (QED) is 0.887. The summed E-state index contributed by atoms with van der Waals surface area (Å²) in [5, 5.41) is 11.7. The van der Waals surface area contributed by atoms with E-state index in [2.05, 4.69) is 5.32 Å². The number of benzene rings is 1. The van der Waals surface area contributed by atoms with Gasteiger partial charge >= 0.3 is 6.18 Å². The van der Waals surface area contributed by atoms with Crippen LogP contribution in [0.5, 0.6) is 0 Å². The highest BCUT2D eigenvalue weighted by Crippen LogP contribution is 2.30. The van der Waals surface area contributed by atoms with Crippen molar-refractivity contribution in [2.24, 2.45) is 5.92 Å². The molecule has 0 bridgehead atoms. The van der Waals surface area contributed by atoms with E-state index >= 15 is 0 Å². The lowest BCUT2D eigenvalue weighted by atomic mass is 10.0. The van der Waals surface area contributed by atoms with Crippen LogP contribution in [0.25, 0.3) is 0 Å². The Kier molecular flexibility index (Phi) is 4.94. The molecule has 3 nitrogen and oxygen atoms in total. The molecule has 1 aromatic carbocycles. The minimum absolute atomic E-state index is 0.228. The Morgan fingerprint density at radius 3 is 2.47 bits per heavy atom. The van der Waals surface area contributed by atoms with Gasteiger partial charge in [0.25, 0.3) is 0 Å². The standard InChI is InChI=1S/C13H16F3NO2/c1-8(2)12(19)17-11(7-18)9-4-3-5-10(6-9)13(14,15)16/h3-6,8,11,18H,7H2,1-2H3,(H,17,19)/t11-/m1/s1. The SMILES string of the molecule is CC(C)C(=O)N[C@H](CO)c1cccc(C(F)(F)F)c1. The molecule has 2 N–H and O–H groups in total. The van der Waals surface area contributed by atoms with Crippen molar-refractivity contribution in [3.63, 3.8) is 0 Å². The normalized spacial score (nSPS) is 13.4. The van der Waals surface area contributed by atoms with Gasteiger partial charge in [-0.3, -0.25) is 4.79 Å². The van der Waals surface area contributed by atoms with E-state index in [1.807, 2.05) is 0 Å². The molecule has 1 amide bonds. The molecule has 0 aliphatic carbocycles. The van der Waals surface area contributed by atoms with Gasteiger partial charge in [-0.25, -0.2) is 0 Å². The number of carbonyl (C=O) groups excluding carboxylic acids is 1. The molecule has 0 aliphatic heterocycles. The lowest BCUT2D eigenvalue weighted by Crippen LogP contribution is -2.33. The summed E-state index contributed by atoms with van der Waals surface area (Å²) in [6, 6.07) is 3.74. The van der Waals surface area contributed by atoms with Crippen molar-refractivity contribution in [2.45, 2.75) is 26.1 Å². The third-order valence-corrected chi connectivity index (χ3v) is 2.64. The van der Waals surface area contributed by atoms with Crippen LogP contribution < -0.4 is 5.32 Å². The highest BCUT2D eigenvalue weighted by atomic mass is 19.4. The molecule has 0 aliphatic rings. The fourth-order valence-corrected chi connectivity index (χ4v) is 1.50. The van der Waals surface area contributed by atoms with Crippen LogP contribution in [0.4, 0.5) is 13.2 Å². The van der Waals surface area contributed by atoms with Crippen molar-refractivity contribution in [2.75, 3.05) is 6.61 Å². The lowest BCUT2D eigenvalue weighted by Gasteiger charge is -2.19. The number of halogens is 3. The molecule has 6 heteroatoms. The van der Waals surface area contributed by atoms with Crippen molar-refractivity contribution in [1.29, 1.82) is 0 Å². The molecule has 1 aromatic rings. The van der Waals surface area contributed by atoms with E-state index in [4.69, 9.17) is 0 Å². The number of carbonyl (C=O) groups is 1. The van der Waals surface area contributed by atoms with Crippen LogP contribution in [-0.4, -0.2) is 17.6 Å². The molecule has 0 heterocycles. The zero-order chi connectivity index (χ0) is 14.6. The van der Waals surface area contributed by atoms with Gasteiger partial charge in [-0.2, -0.15) is 13.2 Å². The van der Waals surface area contributed by atoms with Gasteiger partial charge in [-0.1, -0.05) is 26.0 Å². The Bertz CT molecular complexity index is 444. The first kappa shape index (κ1) is 15.5. The van der Waals surface area contributed by atoms with E-state index in [-0.39, 0.29) is 17.4 Å². The monoisotopic (exact) mass is 275 g/mol. The number of aliphatic hydroxyl groups is 1. The van der Waals surface area contributed by atoms with Crippen LogP contribution in [0.1, 0.15) is 31.0 Å². The van der Waals surface area contributed by atoms with E-state index in [1.165, 1.54) is 12.1 Å². The summed E-state index contributed by atoms with van der Waals surface area (Å²) in [6.45, 7) is 2.87. The van der Waals surface area contributed by atoms with E-state index in [0.717, 1.165) is 12.1 Å². The second-order valence-corrected chi connectivity index (χ2v) is 4.52. The molecule has 0 saturated heterocycles. The number of hydrogen-bond acceptors (Lipinski definition) is 2. The number of rotatable bonds is 4. The van der Waals surface area contributed by atoms with E-state index in [9.17, 15) is 23.1 Å². The van der Waals surface area contributed by atoms with Gasteiger partial charge in [-0.15, -0.1) is 0 Å². The highest BCUT2D eigenvalue weighted by molar-refractivity contribution is 5.78. The van der Waals surface area contributed by atoms with Crippen molar-refractivity contribution in [3.8, 4) is 0 Å². The van der Waals surface area contributed by atoms with Gasteiger partial charge in [0.2, 0.25) is 5.91 Å². The molecule has 0 saturated carbocycles. The number of nitrogens with one attached hydrogen (secondary N) is 1. The predicted octanol–water partition coefficient (Wildman–Crippen LogP) is 2.51. The van der Waals surface area contributed by atoms with E-state index < -0.39 is 24.4 Å². The smallest absolute Gasteiger partial charge is 0.394 e. The molecule has 106 valence electrons. The summed E-state index contributed by atoms with van der Waals surface area (Å²) in [7, 11) is 0. The van der Waals surface area contributed by atoms with Gasteiger partial charge in [-0.05, 0) is 17.7 Å². The number of amides is 1. The average molecular weight is 275 g/mol. The van der Waals surface area contributed by atoms with Gasteiger partial charge in [0.15, 0.2) is 0 Å². The van der Waals surface area contributed by atoms with Crippen molar-refractivity contribution in [3.05, 3.63) is 35.4 Å². The van der Waals surface area contributed by atoms with Gasteiger partial charge < -0.3 is 10.4 Å². The molecule has 0 spiro atoms. The second kappa shape index (κ2) is 6.06. The third-order valence-electron chi connectivity index (χ3n) is 2.64. The Morgan fingerprint density at radius 2 is 2.00 bits per heavy atom. The number of alkyl halides is 3. The first-order chi connectivity index (χ1) is 8.75. The van der Waals surface area contributed by atoms with Crippen molar-refractivity contribution >= 4 is 5.91 Å². The largest absolute Gasteiger partial charge is 0.416 e. The molecule has 0 radical (unpaired) electrons. The molecular formula is C13H16F3NO2. The molecule has 0 aromatic heterocycles. The molecule has 0 unspecified atom stereocenters. The van der Waals surface area contributed by atoms with Crippen LogP contribution in [0.2, 0.25) is 0 Å². The van der Waals surface area contributed by atoms with Gasteiger partial charge in [0.1, 0.15) is 0 Å². The van der Waals surface area contributed by atoms with Crippen molar-refractivity contribution < 1.29 is 23.1 Å². The van der Waals surface area contributed by atoms with Crippen LogP contribution >= 0.6 is 0 Å². The fraction of sp³-hybridized carbons (Fsp3) is 0.462. The minimum atomic E-state index is -4.45. The molecular weight excluding hydrogens is 259 g/mol. The summed E-state index contributed by atoms with van der Waals surface area (Å²) < 4.78 is 37.7. The average Bonchev–Trinajstić information content (AvgIpc) is 2.34. The Morgan fingerprint density at radius 1 is 1.37 bits per heavy atom. The minimum Gasteiger partial charge on any atom is -0.394 e. The summed E-state index contributed by atoms with van der Waals surface area (Å²) in [4.78, 5) is 11.5. The molecule has 19 heavy (non-hydrogen) atoms. The number of aliphatic hydroxyl groups excluding tert-OH is 1. The first-order valence-electron chi connectivity index (χ1n) is 5.84. The summed E-state index contributed by atoms with van der Waals surface area (Å²) >= 11 is 0. The summed E-state index contributed by atoms with van der Waals surface area (Å²) in [5.74, 6) is -0.628. The zero-order valence-corrected chi connectivity index (χ0v) is 10.7. The molecule has 0 fully saturated rings. The topological polar surface area (TPSA) is 49.3 Å². The van der Waals surface area contributed by atoms with Crippen LogP contribution in [0, 0.1) is 5.92 Å². The maximum atomic E-state index is 12.6. The fourth-order valence-electron chi connectivity index (χ4n) is 1.50. The maximum absolute atomic E-state index is 12.6. The predicted molar refractivity (Wildman–Crippen MR) is 64.3 cm³/mol. The third kappa shape index (κ3) is 4.24.